The van der Waals surface area contributed by atoms with E-state index in [0.29, 0.717) is 0 Å². The van der Waals surface area contributed by atoms with E-state index >= 15 is 0 Å². The van der Waals surface area contributed by atoms with E-state index in [1.54, 1.807) is 0 Å². The highest BCUT2D eigenvalue weighted by molar-refractivity contribution is 6.61. The van der Waals surface area contributed by atoms with E-state index in [-0.39, 0.29) is 0 Å². The monoisotopic (exact) mass is 180 g/mol. The molecule has 0 unspecified atom stereocenters. The third-order valence-corrected chi connectivity index (χ3v) is 7.64. The second-order valence-electron chi connectivity index (χ2n) is 1.99. The van der Waals surface area contributed by atoms with Gasteiger partial charge in [-0.1, -0.05) is 13.3 Å². The molecule has 0 aromatic carbocycles. The van der Waals surface area contributed by atoms with Crippen molar-refractivity contribution in [3.05, 3.63) is 0 Å². The van der Waals surface area contributed by atoms with Crippen molar-refractivity contribution < 1.29 is 12.3 Å². The molecule has 0 spiro atoms. The van der Waals surface area contributed by atoms with E-state index in [2.05, 4.69) is 6.92 Å². The van der Waals surface area contributed by atoms with Crippen molar-refractivity contribution in [2.45, 2.75) is 19.4 Å². The zero-order valence-corrected chi connectivity index (χ0v) is 9.61. The standard InChI is InChI=1S/C3H12O3Si3/c1-2-3-9-5-7-4-8-6-9/h9H,2-3,7-8H2,1H3. The first-order chi connectivity index (χ1) is 4.43. The number of rotatable bonds is 2. The quantitative estimate of drug-likeness (QED) is 0.493. The van der Waals surface area contributed by atoms with Gasteiger partial charge < -0.3 is 12.3 Å². The van der Waals surface area contributed by atoms with E-state index in [0.717, 1.165) is 0 Å². The van der Waals surface area contributed by atoms with Gasteiger partial charge in [0.1, 0.15) is 0 Å². The molecule has 6 heteroatoms. The molecule has 1 fully saturated rings. The van der Waals surface area contributed by atoms with Gasteiger partial charge in [-0.25, -0.2) is 0 Å². The Balaban J connectivity index is 2.08. The molecule has 1 rings (SSSR count). The Morgan fingerprint density at radius 1 is 1.33 bits per heavy atom. The summed E-state index contributed by atoms with van der Waals surface area (Å²) in [5.74, 6) is 0. The Morgan fingerprint density at radius 3 is 2.56 bits per heavy atom. The smallest absolute Gasteiger partial charge is 0.303 e. The minimum absolute atomic E-state index is 0.561. The molecule has 0 saturated carbocycles. The van der Waals surface area contributed by atoms with Gasteiger partial charge in [-0.15, -0.1) is 0 Å². The molecule has 0 aromatic heterocycles. The predicted molar refractivity (Wildman–Crippen MR) is 42.6 cm³/mol. The fraction of sp³-hybridized carbons (Fsp3) is 1.00. The van der Waals surface area contributed by atoms with Crippen LogP contribution < -0.4 is 0 Å². The van der Waals surface area contributed by atoms with Crippen LogP contribution in [0.1, 0.15) is 13.3 Å². The number of hydrogen-bond acceptors (Lipinski definition) is 3. The molecule has 0 N–H and O–H groups in total. The molecule has 54 valence electrons. The second kappa shape index (κ2) is 4.36. The van der Waals surface area contributed by atoms with Gasteiger partial charge in [0.25, 0.3) is 20.0 Å². The van der Waals surface area contributed by atoms with Crippen LogP contribution in [0.15, 0.2) is 0 Å². The first-order valence-electron chi connectivity index (χ1n) is 3.24. The van der Waals surface area contributed by atoms with Crippen LogP contribution in [0.3, 0.4) is 0 Å². The highest BCUT2D eigenvalue weighted by Crippen LogP contribution is 2.02. The summed E-state index contributed by atoms with van der Waals surface area (Å²) < 4.78 is 15.9. The van der Waals surface area contributed by atoms with Crippen LogP contribution in [0, 0.1) is 0 Å². The summed E-state index contributed by atoms with van der Waals surface area (Å²) in [5.41, 5.74) is 0. The molecule has 1 saturated heterocycles. The minimum atomic E-state index is -1.13. The zero-order valence-electron chi connectivity index (χ0n) is 5.63. The van der Waals surface area contributed by atoms with E-state index in [1.807, 2.05) is 0 Å². The summed E-state index contributed by atoms with van der Waals surface area (Å²) in [4.78, 5) is 0. The lowest BCUT2D eigenvalue weighted by atomic mass is 10.6. The van der Waals surface area contributed by atoms with Crippen LogP contribution >= 0.6 is 0 Å². The van der Waals surface area contributed by atoms with Crippen LogP contribution in [0.4, 0.5) is 0 Å². The second-order valence-corrected chi connectivity index (χ2v) is 8.20. The van der Waals surface area contributed by atoms with Crippen LogP contribution in [0.5, 0.6) is 0 Å². The number of hydrogen-bond donors (Lipinski definition) is 0. The van der Waals surface area contributed by atoms with Gasteiger partial charge in [-0.3, -0.25) is 0 Å². The highest BCUT2D eigenvalue weighted by atomic mass is 28.4. The SMILES string of the molecule is CCC[SiH]1O[SiH2]O[SiH2]O1. The molecule has 9 heavy (non-hydrogen) atoms. The van der Waals surface area contributed by atoms with Crippen molar-refractivity contribution >= 4 is 29.3 Å². The maximum Gasteiger partial charge on any atom is 0.303 e. The molecule has 0 bridgehead atoms. The van der Waals surface area contributed by atoms with Crippen LogP contribution in [0.25, 0.3) is 0 Å². The normalized spacial score (nSPS) is 33.7. The molecular weight excluding hydrogens is 168 g/mol. The first kappa shape index (κ1) is 7.64. The van der Waals surface area contributed by atoms with Crippen LogP contribution in [-0.4, -0.2) is 29.3 Å². The Hall–Kier alpha value is 0.531. The molecule has 1 aliphatic heterocycles. The van der Waals surface area contributed by atoms with E-state index in [4.69, 9.17) is 12.3 Å². The largest absolute Gasteiger partial charge is 0.425 e. The maximum atomic E-state index is 5.39. The summed E-state index contributed by atoms with van der Waals surface area (Å²) in [6.45, 7) is 2.16. The zero-order chi connectivity index (χ0) is 6.53. The van der Waals surface area contributed by atoms with Gasteiger partial charge in [-0.05, 0) is 6.04 Å². The average molecular weight is 180 g/mol. The van der Waals surface area contributed by atoms with E-state index < -0.39 is 29.3 Å². The Bertz CT molecular complexity index is 71.9. The van der Waals surface area contributed by atoms with Gasteiger partial charge in [-0.2, -0.15) is 0 Å². The molecule has 0 aliphatic carbocycles. The van der Waals surface area contributed by atoms with Crippen molar-refractivity contribution in [2.75, 3.05) is 0 Å². The summed E-state index contributed by atoms with van der Waals surface area (Å²) in [7, 11) is -2.25. The molecule has 0 radical (unpaired) electrons. The summed E-state index contributed by atoms with van der Waals surface area (Å²) in [6, 6.07) is 1.17. The molecule has 0 amide bonds. The van der Waals surface area contributed by atoms with Crippen molar-refractivity contribution in [2.24, 2.45) is 0 Å². The predicted octanol–water partition coefficient (Wildman–Crippen LogP) is -1.32. The molecule has 0 atom stereocenters. The fourth-order valence-electron chi connectivity index (χ4n) is 0.733. The van der Waals surface area contributed by atoms with Gasteiger partial charge in [0.05, 0.1) is 0 Å². The summed E-state index contributed by atoms with van der Waals surface area (Å²) in [5, 5.41) is 0. The Kier molecular flexibility index (Phi) is 3.70. The van der Waals surface area contributed by atoms with Crippen molar-refractivity contribution in [3.63, 3.8) is 0 Å². The maximum absolute atomic E-state index is 5.39. The summed E-state index contributed by atoms with van der Waals surface area (Å²) >= 11 is 0. The fourth-order valence-corrected chi connectivity index (χ4v) is 7.78. The average Bonchev–Trinajstić information content (AvgIpc) is 1.91. The first-order valence-corrected chi connectivity index (χ1v) is 7.31. The van der Waals surface area contributed by atoms with Gasteiger partial charge >= 0.3 is 9.28 Å². The lowest BCUT2D eigenvalue weighted by Gasteiger charge is -2.21. The molecule has 0 aromatic rings. The van der Waals surface area contributed by atoms with E-state index in [1.165, 1.54) is 12.5 Å². The van der Waals surface area contributed by atoms with E-state index in [9.17, 15) is 0 Å². The van der Waals surface area contributed by atoms with Crippen molar-refractivity contribution in [1.29, 1.82) is 0 Å². The topological polar surface area (TPSA) is 27.7 Å². The minimum Gasteiger partial charge on any atom is -0.425 e. The van der Waals surface area contributed by atoms with Crippen LogP contribution in [-0.2, 0) is 12.3 Å². The molecule has 3 nitrogen and oxygen atoms in total. The van der Waals surface area contributed by atoms with Crippen molar-refractivity contribution in [1.82, 2.24) is 0 Å². The molecular formula is C3H12O3Si3. The van der Waals surface area contributed by atoms with Gasteiger partial charge in [0.2, 0.25) is 0 Å². The lowest BCUT2D eigenvalue weighted by molar-refractivity contribution is 0.322. The molecule has 1 aliphatic rings. The highest BCUT2D eigenvalue weighted by Gasteiger charge is 2.15. The Labute approximate surface area is 61.7 Å². The van der Waals surface area contributed by atoms with Crippen LogP contribution in [0.2, 0.25) is 6.04 Å². The van der Waals surface area contributed by atoms with Gasteiger partial charge in [0, 0.05) is 0 Å². The Morgan fingerprint density at radius 2 is 2.00 bits per heavy atom. The third kappa shape index (κ3) is 2.74. The van der Waals surface area contributed by atoms with Gasteiger partial charge in [0.15, 0.2) is 0 Å². The summed E-state index contributed by atoms with van der Waals surface area (Å²) in [6.07, 6.45) is 1.19. The third-order valence-electron chi connectivity index (χ3n) is 1.20. The lowest BCUT2D eigenvalue weighted by Crippen LogP contribution is -2.34. The molecule has 1 heterocycles. The van der Waals surface area contributed by atoms with Crippen molar-refractivity contribution in [3.8, 4) is 0 Å².